The highest BCUT2D eigenvalue weighted by atomic mass is 16.6. The Morgan fingerprint density at radius 3 is 1.05 bits per heavy atom. The fourth-order valence-corrected chi connectivity index (χ4v) is 4.47. The van der Waals surface area contributed by atoms with E-state index >= 15 is 0 Å². The van der Waals surface area contributed by atoms with E-state index in [1.165, 1.54) is 25.7 Å². The maximum absolute atomic E-state index is 9.70. The lowest BCUT2D eigenvalue weighted by Gasteiger charge is -2.22. The van der Waals surface area contributed by atoms with Gasteiger partial charge < -0.3 is 82.0 Å². The van der Waals surface area contributed by atoms with Gasteiger partial charge in [0.05, 0.1) is 175 Å². The van der Waals surface area contributed by atoms with Crippen molar-refractivity contribution in [2.24, 2.45) is 0 Å². The van der Waals surface area contributed by atoms with E-state index in [1.54, 1.807) is 6.92 Å². The lowest BCUT2D eigenvalue weighted by molar-refractivity contribution is -0.141. The predicted molar refractivity (Wildman–Crippen MR) is 224 cm³/mol. The molecule has 0 fully saturated rings. The summed E-state index contributed by atoms with van der Waals surface area (Å²) in [6.07, 6.45) is 5.42. The van der Waals surface area contributed by atoms with Crippen LogP contribution in [0.2, 0.25) is 0 Å². The lowest BCUT2D eigenvalue weighted by atomic mass is 10.1. The standard InChI is InChI=1S/C24H50O10.C18H38O7/c1-2-3-4-5-6-7-9-34-24(26)23-33-22-21-32-20-19-31-18-17-30-16-15-29-14-13-28-12-11-27-10-8-25;1-13(20)8-21-15(3)10-23-17(5)12-25-18(6)11-24-16(4)9-22-14(2)7-19/h24-26H,2-23H2,1H3;13-20H,7-12H2,1-6H3. The number of unbranched alkanes of at least 4 members (excludes halogenated alkanes) is 5. The quantitative estimate of drug-likeness (QED) is 0.0513. The zero-order chi connectivity index (χ0) is 44.0. The Balaban J connectivity index is 0. The van der Waals surface area contributed by atoms with Gasteiger partial charge in [0, 0.05) is 6.61 Å². The molecule has 0 bridgehead atoms. The van der Waals surface area contributed by atoms with Crippen LogP contribution in [-0.4, -0.2) is 209 Å². The van der Waals surface area contributed by atoms with Gasteiger partial charge in [-0.1, -0.05) is 39.0 Å². The number of ether oxygens (including phenoxy) is 13. The SMILES string of the molecule is CC(O)COC(C)COC(C)COC(C)COC(C)COC(C)CO.CCCCCCCCOC(O)COCCOCCOCCOCCOCCOCCOCCO. The van der Waals surface area contributed by atoms with Gasteiger partial charge in [-0.15, -0.1) is 0 Å². The predicted octanol–water partition coefficient (Wildman–Crippen LogP) is 3.18. The minimum absolute atomic E-state index is 0.00675. The Morgan fingerprint density at radius 1 is 0.339 bits per heavy atom. The molecule has 0 aromatic carbocycles. The topological polar surface area (TPSA) is 201 Å². The molecule has 0 aliphatic carbocycles. The molecule has 7 unspecified atom stereocenters. The van der Waals surface area contributed by atoms with Crippen molar-refractivity contribution in [1.82, 2.24) is 0 Å². The van der Waals surface area contributed by atoms with Crippen LogP contribution in [0, 0.1) is 0 Å². The van der Waals surface area contributed by atoms with Crippen LogP contribution in [0.1, 0.15) is 87.0 Å². The van der Waals surface area contributed by atoms with Gasteiger partial charge in [0.1, 0.15) is 0 Å². The summed E-state index contributed by atoms with van der Waals surface area (Å²) in [6.45, 7) is 22.5. The van der Waals surface area contributed by atoms with Gasteiger partial charge in [-0.3, -0.25) is 0 Å². The van der Waals surface area contributed by atoms with E-state index in [9.17, 15) is 10.2 Å². The van der Waals surface area contributed by atoms with Crippen molar-refractivity contribution in [2.75, 3.05) is 145 Å². The molecule has 0 amide bonds. The van der Waals surface area contributed by atoms with Crippen molar-refractivity contribution in [2.45, 2.75) is 130 Å². The summed E-state index contributed by atoms with van der Waals surface area (Å²) in [5.41, 5.74) is 0. The van der Waals surface area contributed by atoms with E-state index in [0.717, 1.165) is 12.8 Å². The molecule has 0 aliphatic heterocycles. The van der Waals surface area contributed by atoms with Gasteiger partial charge in [-0.2, -0.15) is 0 Å². The van der Waals surface area contributed by atoms with Crippen LogP contribution < -0.4 is 0 Å². The molecule has 59 heavy (non-hydrogen) atoms. The fraction of sp³-hybridized carbons (Fsp3) is 1.00. The second kappa shape index (κ2) is 48.4. The lowest BCUT2D eigenvalue weighted by Crippen LogP contribution is -2.29. The van der Waals surface area contributed by atoms with Crippen molar-refractivity contribution in [3.05, 3.63) is 0 Å². The first-order valence-corrected chi connectivity index (χ1v) is 21.9. The molecule has 0 saturated heterocycles. The fourth-order valence-electron chi connectivity index (χ4n) is 4.47. The van der Waals surface area contributed by atoms with Crippen LogP contribution in [0.3, 0.4) is 0 Å². The number of hydrogen-bond acceptors (Lipinski definition) is 17. The van der Waals surface area contributed by atoms with Crippen LogP contribution >= 0.6 is 0 Å². The minimum Gasteiger partial charge on any atom is -0.394 e. The highest BCUT2D eigenvalue weighted by Crippen LogP contribution is 2.06. The Morgan fingerprint density at radius 2 is 0.678 bits per heavy atom. The van der Waals surface area contributed by atoms with Crippen molar-refractivity contribution in [1.29, 1.82) is 0 Å². The summed E-state index contributed by atoms with van der Waals surface area (Å²) < 4.78 is 70.6. The van der Waals surface area contributed by atoms with Gasteiger partial charge in [0.2, 0.25) is 0 Å². The maximum atomic E-state index is 9.70. The van der Waals surface area contributed by atoms with E-state index in [2.05, 4.69) is 6.92 Å². The van der Waals surface area contributed by atoms with E-state index in [4.69, 9.17) is 71.8 Å². The number of hydrogen-bond donors (Lipinski definition) is 4. The first-order chi connectivity index (χ1) is 28.5. The molecule has 0 radical (unpaired) electrons. The summed E-state index contributed by atoms with van der Waals surface area (Å²) in [4.78, 5) is 0. The molecule has 7 atom stereocenters. The molecule has 0 saturated carbocycles. The summed E-state index contributed by atoms with van der Waals surface area (Å²) in [7, 11) is 0. The van der Waals surface area contributed by atoms with Crippen LogP contribution in [0.25, 0.3) is 0 Å². The van der Waals surface area contributed by atoms with Gasteiger partial charge in [0.15, 0.2) is 6.29 Å². The molecule has 0 aromatic heterocycles. The molecule has 0 heterocycles. The Labute approximate surface area is 356 Å². The highest BCUT2D eigenvalue weighted by Gasteiger charge is 2.13. The molecule has 4 N–H and O–H groups in total. The zero-order valence-electron chi connectivity index (χ0n) is 37.9. The van der Waals surface area contributed by atoms with Crippen LogP contribution in [0.15, 0.2) is 0 Å². The third-order valence-electron chi connectivity index (χ3n) is 7.88. The normalized spacial score (nSPS) is 15.3. The van der Waals surface area contributed by atoms with E-state index < -0.39 is 12.4 Å². The van der Waals surface area contributed by atoms with E-state index in [1.807, 2.05) is 34.6 Å². The van der Waals surface area contributed by atoms with Crippen LogP contribution in [0.4, 0.5) is 0 Å². The average molecular weight is 865 g/mol. The highest BCUT2D eigenvalue weighted by molar-refractivity contribution is 4.58. The first kappa shape index (κ1) is 60.4. The third-order valence-corrected chi connectivity index (χ3v) is 7.88. The van der Waals surface area contributed by atoms with Crippen molar-refractivity contribution < 1.29 is 82.0 Å². The Hall–Kier alpha value is -0.680. The van der Waals surface area contributed by atoms with Crippen LogP contribution in [0.5, 0.6) is 0 Å². The number of aliphatic hydroxyl groups excluding tert-OH is 4. The molecule has 0 aliphatic rings. The molecule has 0 spiro atoms. The molecule has 17 nitrogen and oxygen atoms in total. The molecule has 0 rings (SSSR count). The summed E-state index contributed by atoms with van der Waals surface area (Å²) in [6, 6.07) is 0. The summed E-state index contributed by atoms with van der Waals surface area (Å²) in [5, 5.41) is 36.3. The average Bonchev–Trinajstić information content (AvgIpc) is 3.22. The van der Waals surface area contributed by atoms with Crippen LogP contribution in [-0.2, 0) is 61.6 Å². The maximum Gasteiger partial charge on any atom is 0.178 e. The minimum atomic E-state index is -0.874. The smallest absolute Gasteiger partial charge is 0.178 e. The number of rotatable bonds is 46. The van der Waals surface area contributed by atoms with Crippen molar-refractivity contribution >= 4 is 0 Å². The summed E-state index contributed by atoms with van der Waals surface area (Å²) in [5.74, 6) is 0. The third kappa shape index (κ3) is 51.6. The first-order valence-electron chi connectivity index (χ1n) is 21.9. The number of aliphatic hydroxyl groups is 4. The second-order valence-electron chi connectivity index (χ2n) is 14.3. The molecule has 0 aromatic rings. The van der Waals surface area contributed by atoms with E-state index in [0.29, 0.717) is 126 Å². The molecular weight excluding hydrogens is 776 g/mol. The summed E-state index contributed by atoms with van der Waals surface area (Å²) >= 11 is 0. The van der Waals surface area contributed by atoms with E-state index in [-0.39, 0.29) is 50.3 Å². The van der Waals surface area contributed by atoms with Gasteiger partial charge in [-0.25, -0.2) is 0 Å². The largest absolute Gasteiger partial charge is 0.394 e. The zero-order valence-corrected chi connectivity index (χ0v) is 37.9. The molecular formula is C42H88O17. The second-order valence-corrected chi connectivity index (χ2v) is 14.3. The Bertz CT molecular complexity index is 787. The van der Waals surface area contributed by atoms with Crippen molar-refractivity contribution in [3.8, 4) is 0 Å². The molecule has 358 valence electrons. The van der Waals surface area contributed by atoms with Gasteiger partial charge >= 0.3 is 0 Å². The van der Waals surface area contributed by atoms with Crippen molar-refractivity contribution in [3.63, 3.8) is 0 Å². The van der Waals surface area contributed by atoms with Gasteiger partial charge in [-0.05, 0) is 48.0 Å². The Kier molecular flexibility index (Phi) is 49.5. The van der Waals surface area contributed by atoms with Gasteiger partial charge in [0.25, 0.3) is 0 Å². The monoisotopic (exact) mass is 865 g/mol. The molecule has 17 heteroatoms.